The molecule has 0 bridgehead atoms. The van der Waals surface area contributed by atoms with Gasteiger partial charge in [0.05, 0.1) is 22.5 Å². The van der Waals surface area contributed by atoms with E-state index in [4.69, 9.17) is 14.4 Å². The summed E-state index contributed by atoms with van der Waals surface area (Å²) in [6, 6.07) is 35.7. The maximum Gasteiger partial charge on any atom is 0.231 e. The number of hydrogen-bond donors (Lipinski definition) is 0. The van der Waals surface area contributed by atoms with Crippen molar-refractivity contribution in [2.75, 3.05) is 4.90 Å². The monoisotopic (exact) mass is 613 g/mol. The Labute approximate surface area is 271 Å². The molecule has 1 aliphatic carbocycles. The second-order valence-corrected chi connectivity index (χ2v) is 12.5. The van der Waals surface area contributed by atoms with Gasteiger partial charge >= 0.3 is 0 Å². The minimum atomic E-state index is 0.0430. The third-order valence-corrected chi connectivity index (χ3v) is 9.66. The van der Waals surface area contributed by atoms with Gasteiger partial charge in [-0.1, -0.05) is 116 Å². The van der Waals surface area contributed by atoms with Crippen molar-refractivity contribution >= 4 is 72.0 Å². The van der Waals surface area contributed by atoms with Crippen molar-refractivity contribution in [2.24, 2.45) is 0 Å². The van der Waals surface area contributed by atoms with Gasteiger partial charge in [0.1, 0.15) is 11.0 Å². The van der Waals surface area contributed by atoms with E-state index >= 15 is 0 Å². The summed E-state index contributed by atoms with van der Waals surface area (Å²) in [5.74, 6) is 0.685. The minimum Gasteiger partial charge on any atom is -0.455 e. The molecule has 0 N–H and O–H groups in total. The van der Waals surface area contributed by atoms with Gasteiger partial charge in [0.25, 0.3) is 0 Å². The summed E-state index contributed by atoms with van der Waals surface area (Å²) in [6.45, 7) is 6.39. The summed E-state index contributed by atoms with van der Waals surface area (Å²) in [6.07, 6.45) is 13.7. The molecule has 5 heteroatoms. The number of para-hydroxylation sites is 1. The predicted molar refractivity (Wildman–Crippen MR) is 194 cm³/mol. The van der Waals surface area contributed by atoms with Gasteiger partial charge < -0.3 is 9.32 Å². The first-order valence-corrected chi connectivity index (χ1v) is 16.3. The van der Waals surface area contributed by atoms with Crippen LogP contribution in [0.1, 0.15) is 24.5 Å². The number of benzene rings is 4. The number of hydrogen-bond acceptors (Lipinski definition) is 5. The third-order valence-electron chi connectivity index (χ3n) is 8.57. The molecule has 0 amide bonds. The van der Waals surface area contributed by atoms with Crippen molar-refractivity contribution in [3.63, 3.8) is 0 Å². The van der Waals surface area contributed by atoms with E-state index in [0.29, 0.717) is 5.95 Å². The SMILES string of the molecule is C=c1/c(=C(\C=C/C)c2ccc(N(c3ncc4sc5ccccc5c4n3)C3C=CC(c4ccccc4)=CC3)cc2)oc2ccccc12. The summed E-state index contributed by atoms with van der Waals surface area (Å²) in [4.78, 5) is 12.4. The van der Waals surface area contributed by atoms with Gasteiger partial charge in [0.2, 0.25) is 5.95 Å². The zero-order valence-corrected chi connectivity index (χ0v) is 26.2. The minimum absolute atomic E-state index is 0.0430. The van der Waals surface area contributed by atoms with Gasteiger partial charge in [-0.25, -0.2) is 9.97 Å². The highest BCUT2D eigenvalue weighted by molar-refractivity contribution is 7.25. The maximum atomic E-state index is 6.33. The van der Waals surface area contributed by atoms with Crippen molar-refractivity contribution < 1.29 is 4.42 Å². The molecular formula is C41H31N3OS. The van der Waals surface area contributed by atoms with Gasteiger partial charge in [0.15, 0.2) is 0 Å². The summed E-state index contributed by atoms with van der Waals surface area (Å²) in [7, 11) is 0. The Morgan fingerprint density at radius 3 is 2.41 bits per heavy atom. The standard InChI is InChI=1S/C41H31N3OS/c1-3-11-34(40-27(2)33-14-7-9-16-36(33)45-40)30-20-24-32(25-21-30)44(31-22-18-29(19-23-31)28-12-5-4-6-13-28)41-42-26-38-39(43-41)35-15-8-10-17-37(35)46-38/h3-22,24-26,31H,2,23H2,1H3/b11-3-,40-34-. The lowest BCUT2D eigenvalue weighted by Gasteiger charge is -2.31. The number of furan rings is 1. The Balaban J connectivity index is 1.23. The second-order valence-electron chi connectivity index (χ2n) is 11.4. The average Bonchev–Trinajstić information content (AvgIpc) is 3.65. The first-order valence-electron chi connectivity index (χ1n) is 15.5. The Bertz CT molecular complexity index is 2430. The molecular weight excluding hydrogens is 583 g/mol. The number of aromatic nitrogens is 2. The molecule has 46 heavy (non-hydrogen) atoms. The van der Waals surface area contributed by atoms with Crippen LogP contribution in [0.4, 0.5) is 11.6 Å². The highest BCUT2D eigenvalue weighted by Crippen LogP contribution is 2.36. The molecule has 1 aliphatic rings. The molecule has 0 aliphatic heterocycles. The number of anilines is 2. The molecule has 0 saturated carbocycles. The van der Waals surface area contributed by atoms with E-state index in [9.17, 15) is 0 Å². The van der Waals surface area contributed by atoms with E-state index in [0.717, 1.165) is 60.5 Å². The quantitative estimate of drug-likeness (QED) is 0.187. The normalized spacial score (nSPS) is 15.6. The molecule has 4 nitrogen and oxygen atoms in total. The van der Waals surface area contributed by atoms with Crippen molar-refractivity contribution in [1.29, 1.82) is 0 Å². The summed E-state index contributed by atoms with van der Waals surface area (Å²) < 4.78 is 8.64. The van der Waals surface area contributed by atoms with Crippen LogP contribution in [-0.4, -0.2) is 16.0 Å². The number of thiophene rings is 1. The number of fused-ring (bicyclic) bond motifs is 4. The van der Waals surface area contributed by atoms with E-state index in [2.05, 4.69) is 121 Å². The van der Waals surface area contributed by atoms with Gasteiger partial charge in [0, 0.05) is 32.0 Å². The Morgan fingerprint density at radius 1 is 0.891 bits per heavy atom. The van der Waals surface area contributed by atoms with Gasteiger partial charge in [-0.15, -0.1) is 11.3 Å². The zero-order valence-electron chi connectivity index (χ0n) is 25.4. The predicted octanol–water partition coefficient (Wildman–Crippen LogP) is 9.33. The molecule has 0 spiro atoms. The molecule has 0 saturated heterocycles. The van der Waals surface area contributed by atoms with E-state index in [-0.39, 0.29) is 6.04 Å². The largest absolute Gasteiger partial charge is 0.455 e. The Morgan fingerprint density at radius 2 is 1.65 bits per heavy atom. The smallest absolute Gasteiger partial charge is 0.231 e. The molecule has 222 valence electrons. The van der Waals surface area contributed by atoms with Crippen molar-refractivity contribution in [1.82, 2.24) is 9.97 Å². The fourth-order valence-corrected chi connectivity index (χ4v) is 7.32. The first-order chi connectivity index (χ1) is 22.7. The van der Waals surface area contributed by atoms with Crippen LogP contribution in [0.25, 0.3) is 49.0 Å². The first kappa shape index (κ1) is 28.0. The molecule has 1 unspecified atom stereocenters. The van der Waals surface area contributed by atoms with Crippen molar-refractivity contribution in [3.8, 4) is 0 Å². The van der Waals surface area contributed by atoms with Gasteiger partial charge in [-0.2, -0.15) is 0 Å². The molecule has 3 aromatic heterocycles. The summed E-state index contributed by atoms with van der Waals surface area (Å²) in [5, 5.41) is 3.09. The second kappa shape index (κ2) is 11.8. The molecule has 0 radical (unpaired) electrons. The molecule has 7 aromatic rings. The van der Waals surface area contributed by atoms with Crippen LogP contribution in [0.2, 0.25) is 0 Å². The summed E-state index contributed by atoms with van der Waals surface area (Å²) in [5.41, 5.74) is 8.14. The van der Waals surface area contributed by atoms with Crippen molar-refractivity contribution in [3.05, 3.63) is 161 Å². The lowest BCUT2D eigenvalue weighted by atomic mass is 9.96. The molecule has 3 heterocycles. The number of allylic oxidation sites excluding steroid dienone is 4. The van der Waals surface area contributed by atoms with E-state index < -0.39 is 0 Å². The molecule has 8 rings (SSSR count). The fraction of sp³-hybridized carbons (Fsp3) is 0.0732. The highest BCUT2D eigenvalue weighted by atomic mass is 32.1. The van der Waals surface area contributed by atoms with Crippen LogP contribution in [0.15, 0.2) is 144 Å². The fourth-order valence-electron chi connectivity index (χ4n) is 6.30. The van der Waals surface area contributed by atoms with Gasteiger partial charge in [-0.3, -0.25) is 0 Å². The van der Waals surface area contributed by atoms with Crippen molar-refractivity contribution in [2.45, 2.75) is 19.4 Å². The lowest BCUT2D eigenvalue weighted by molar-refractivity contribution is 0.573. The van der Waals surface area contributed by atoms with E-state index in [1.54, 1.807) is 11.3 Å². The topological polar surface area (TPSA) is 42.2 Å². The Kier molecular flexibility index (Phi) is 7.16. The van der Waals surface area contributed by atoms with E-state index in [1.165, 1.54) is 15.8 Å². The third kappa shape index (κ3) is 4.95. The molecule has 0 fully saturated rings. The Hall–Kier alpha value is -5.52. The van der Waals surface area contributed by atoms with Crippen LogP contribution in [-0.2, 0) is 0 Å². The summed E-state index contributed by atoms with van der Waals surface area (Å²) >= 11 is 1.73. The van der Waals surface area contributed by atoms with Gasteiger partial charge in [-0.05, 0) is 54.3 Å². The van der Waals surface area contributed by atoms with Crippen LogP contribution < -0.4 is 15.5 Å². The molecule has 4 aromatic carbocycles. The van der Waals surface area contributed by atoms with Crippen LogP contribution in [0.3, 0.4) is 0 Å². The van der Waals surface area contributed by atoms with Crippen LogP contribution >= 0.6 is 11.3 Å². The van der Waals surface area contributed by atoms with Crippen LogP contribution in [0, 0.1) is 0 Å². The maximum absolute atomic E-state index is 6.33. The highest BCUT2D eigenvalue weighted by Gasteiger charge is 2.24. The van der Waals surface area contributed by atoms with Crippen LogP contribution in [0.5, 0.6) is 0 Å². The number of nitrogens with zero attached hydrogens (tertiary/aromatic N) is 3. The lowest BCUT2D eigenvalue weighted by Crippen LogP contribution is -2.31. The number of rotatable bonds is 6. The van der Waals surface area contributed by atoms with E-state index in [1.807, 2.05) is 37.4 Å². The average molecular weight is 614 g/mol. The molecule has 1 atom stereocenters. The zero-order chi connectivity index (χ0) is 31.0.